The predicted octanol–water partition coefficient (Wildman–Crippen LogP) is 4.37. The Balaban J connectivity index is 1.91. The Hall–Kier alpha value is -2.68. The summed E-state index contributed by atoms with van der Waals surface area (Å²) in [4.78, 5) is 23.2. The number of esters is 1. The SMILES string of the molecule is CC(=O)CCC(=O)OC1Cc2ccccc2C=Cc2ccccc21. The Labute approximate surface area is 142 Å². The first-order valence-electron chi connectivity index (χ1n) is 8.17. The molecule has 1 aliphatic carbocycles. The van der Waals surface area contributed by atoms with E-state index in [0.29, 0.717) is 6.42 Å². The zero-order valence-electron chi connectivity index (χ0n) is 13.7. The molecule has 2 aromatic rings. The molecule has 0 bridgehead atoms. The molecule has 3 nitrogen and oxygen atoms in total. The summed E-state index contributed by atoms with van der Waals surface area (Å²) in [6.07, 6.45) is 4.80. The molecule has 0 aromatic heterocycles. The molecule has 2 aromatic carbocycles. The molecule has 3 rings (SSSR count). The normalized spacial score (nSPS) is 15.6. The molecule has 1 aliphatic rings. The minimum Gasteiger partial charge on any atom is -0.457 e. The van der Waals surface area contributed by atoms with Crippen molar-refractivity contribution in [1.82, 2.24) is 0 Å². The molecule has 24 heavy (non-hydrogen) atoms. The topological polar surface area (TPSA) is 43.4 Å². The summed E-state index contributed by atoms with van der Waals surface area (Å²) in [5.74, 6) is -0.328. The van der Waals surface area contributed by atoms with Gasteiger partial charge >= 0.3 is 5.97 Å². The standard InChI is InChI=1S/C21H20O3/c1-15(22)10-13-21(23)24-20-14-18-8-3-2-6-16(18)11-12-17-7-4-5-9-19(17)20/h2-9,11-12,20H,10,13-14H2,1H3. The van der Waals surface area contributed by atoms with E-state index in [9.17, 15) is 9.59 Å². The van der Waals surface area contributed by atoms with Crippen LogP contribution in [0, 0.1) is 0 Å². The molecule has 1 atom stereocenters. The third-order valence-electron chi connectivity index (χ3n) is 4.20. The van der Waals surface area contributed by atoms with Crippen LogP contribution in [-0.2, 0) is 20.7 Å². The summed E-state index contributed by atoms with van der Waals surface area (Å²) >= 11 is 0. The van der Waals surface area contributed by atoms with Crippen molar-refractivity contribution < 1.29 is 14.3 Å². The highest BCUT2D eigenvalue weighted by Crippen LogP contribution is 2.31. The monoisotopic (exact) mass is 320 g/mol. The lowest BCUT2D eigenvalue weighted by Crippen LogP contribution is -2.16. The van der Waals surface area contributed by atoms with Crippen LogP contribution in [0.25, 0.3) is 12.2 Å². The Morgan fingerprint density at radius 1 is 0.958 bits per heavy atom. The highest BCUT2D eigenvalue weighted by molar-refractivity contribution is 5.81. The maximum Gasteiger partial charge on any atom is 0.306 e. The average Bonchev–Trinajstić information content (AvgIpc) is 2.57. The highest BCUT2D eigenvalue weighted by atomic mass is 16.5. The van der Waals surface area contributed by atoms with Gasteiger partial charge in [0.25, 0.3) is 0 Å². The van der Waals surface area contributed by atoms with E-state index in [1.54, 1.807) is 0 Å². The number of carbonyl (C=O) groups excluding carboxylic acids is 2. The first-order valence-corrected chi connectivity index (χ1v) is 8.17. The lowest BCUT2D eigenvalue weighted by atomic mass is 9.91. The number of hydrogen-bond donors (Lipinski definition) is 0. The number of rotatable bonds is 4. The molecule has 122 valence electrons. The van der Waals surface area contributed by atoms with Gasteiger partial charge in [-0.25, -0.2) is 0 Å². The molecule has 0 spiro atoms. The predicted molar refractivity (Wildman–Crippen MR) is 94.3 cm³/mol. The van der Waals surface area contributed by atoms with Crippen molar-refractivity contribution in [1.29, 1.82) is 0 Å². The van der Waals surface area contributed by atoms with Crippen molar-refractivity contribution in [3.63, 3.8) is 0 Å². The van der Waals surface area contributed by atoms with Gasteiger partial charge in [0.05, 0.1) is 6.42 Å². The Bertz CT molecular complexity index is 789. The maximum absolute atomic E-state index is 12.1. The molecule has 0 radical (unpaired) electrons. The van der Waals surface area contributed by atoms with Gasteiger partial charge in [-0.3, -0.25) is 4.79 Å². The van der Waals surface area contributed by atoms with Crippen LogP contribution in [0.5, 0.6) is 0 Å². The fourth-order valence-electron chi connectivity index (χ4n) is 2.93. The van der Waals surface area contributed by atoms with Crippen LogP contribution in [0.2, 0.25) is 0 Å². The van der Waals surface area contributed by atoms with Gasteiger partial charge in [0.2, 0.25) is 0 Å². The third-order valence-corrected chi connectivity index (χ3v) is 4.20. The van der Waals surface area contributed by atoms with Crippen LogP contribution in [0.15, 0.2) is 48.5 Å². The first kappa shape index (κ1) is 16.2. The van der Waals surface area contributed by atoms with Crippen molar-refractivity contribution in [2.75, 3.05) is 0 Å². The largest absolute Gasteiger partial charge is 0.457 e. The van der Waals surface area contributed by atoms with E-state index in [1.807, 2.05) is 36.4 Å². The third kappa shape index (κ3) is 3.80. The molecular formula is C21H20O3. The van der Waals surface area contributed by atoms with Gasteiger partial charge in [-0.2, -0.15) is 0 Å². The minimum atomic E-state index is -0.341. The first-order chi connectivity index (χ1) is 11.6. The number of carbonyl (C=O) groups is 2. The molecule has 0 heterocycles. The summed E-state index contributed by atoms with van der Waals surface area (Å²) in [5.41, 5.74) is 4.33. The molecule has 1 unspecified atom stereocenters. The number of Topliss-reactive ketones (excluding diaryl/α,β-unsaturated/α-hetero) is 1. The maximum atomic E-state index is 12.1. The van der Waals surface area contributed by atoms with Gasteiger partial charge < -0.3 is 9.53 Å². The summed E-state index contributed by atoms with van der Waals surface area (Å²) < 4.78 is 5.74. The highest BCUT2D eigenvalue weighted by Gasteiger charge is 2.22. The van der Waals surface area contributed by atoms with Crippen LogP contribution >= 0.6 is 0 Å². The number of hydrogen-bond acceptors (Lipinski definition) is 3. The Kier molecular flexibility index (Phi) is 4.90. The Morgan fingerprint density at radius 3 is 2.42 bits per heavy atom. The lowest BCUT2D eigenvalue weighted by molar-refractivity contribution is -0.150. The zero-order chi connectivity index (χ0) is 16.9. The molecule has 0 aliphatic heterocycles. The van der Waals surface area contributed by atoms with E-state index >= 15 is 0 Å². The van der Waals surface area contributed by atoms with E-state index in [-0.39, 0.29) is 30.7 Å². The van der Waals surface area contributed by atoms with E-state index < -0.39 is 0 Å². The van der Waals surface area contributed by atoms with Crippen LogP contribution < -0.4 is 0 Å². The van der Waals surface area contributed by atoms with E-state index in [1.165, 1.54) is 6.92 Å². The second-order valence-electron chi connectivity index (χ2n) is 6.05. The van der Waals surface area contributed by atoms with Crippen LogP contribution in [-0.4, -0.2) is 11.8 Å². The molecule has 3 heteroatoms. The van der Waals surface area contributed by atoms with Crippen LogP contribution in [0.1, 0.15) is 48.1 Å². The summed E-state index contributed by atoms with van der Waals surface area (Å²) in [5, 5.41) is 0. The van der Waals surface area contributed by atoms with Crippen molar-refractivity contribution in [2.45, 2.75) is 32.3 Å². The summed E-state index contributed by atoms with van der Waals surface area (Å²) in [7, 11) is 0. The number of benzene rings is 2. The van der Waals surface area contributed by atoms with Crippen molar-refractivity contribution in [3.05, 3.63) is 70.8 Å². The smallest absolute Gasteiger partial charge is 0.306 e. The molecule has 0 amide bonds. The molecule has 0 saturated carbocycles. The molecular weight excluding hydrogens is 300 g/mol. The van der Waals surface area contributed by atoms with Gasteiger partial charge in [-0.1, -0.05) is 60.7 Å². The van der Waals surface area contributed by atoms with Gasteiger partial charge in [-0.15, -0.1) is 0 Å². The van der Waals surface area contributed by atoms with E-state index in [4.69, 9.17) is 4.74 Å². The number of ketones is 1. The second-order valence-corrected chi connectivity index (χ2v) is 6.05. The van der Waals surface area contributed by atoms with Crippen molar-refractivity contribution >= 4 is 23.9 Å². The summed E-state index contributed by atoms with van der Waals surface area (Å²) in [6, 6.07) is 16.1. The Morgan fingerprint density at radius 2 is 1.62 bits per heavy atom. The molecule has 0 fully saturated rings. The van der Waals surface area contributed by atoms with Crippen LogP contribution in [0.4, 0.5) is 0 Å². The lowest BCUT2D eigenvalue weighted by Gasteiger charge is -2.23. The average molecular weight is 320 g/mol. The fraction of sp³-hybridized carbons (Fsp3) is 0.238. The minimum absolute atomic E-state index is 0.00158. The van der Waals surface area contributed by atoms with Crippen molar-refractivity contribution in [3.8, 4) is 0 Å². The molecule has 0 N–H and O–H groups in total. The van der Waals surface area contributed by atoms with E-state index in [0.717, 1.165) is 22.3 Å². The molecule has 0 saturated heterocycles. The van der Waals surface area contributed by atoms with Crippen LogP contribution in [0.3, 0.4) is 0 Å². The zero-order valence-corrected chi connectivity index (χ0v) is 13.7. The fourth-order valence-corrected chi connectivity index (χ4v) is 2.93. The van der Waals surface area contributed by atoms with Gasteiger partial charge in [0.1, 0.15) is 11.9 Å². The quantitative estimate of drug-likeness (QED) is 0.786. The van der Waals surface area contributed by atoms with Gasteiger partial charge in [-0.05, 0) is 29.2 Å². The number of ether oxygens (including phenoxy) is 1. The van der Waals surface area contributed by atoms with Gasteiger partial charge in [0.15, 0.2) is 0 Å². The summed E-state index contributed by atoms with van der Waals surface area (Å²) in [6.45, 7) is 1.49. The second kappa shape index (κ2) is 7.26. The van der Waals surface area contributed by atoms with Crippen molar-refractivity contribution in [2.24, 2.45) is 0 Å². The van der Waals surface area contributed by atoms with Gasteiger partial charge in [0, 0.05) is 12.8 Å². The number of fused-ring (bicyclic) bond motifs is 2. The van der Waals surface area contributed by atoms with E-state index in [2.05, 4.69) is 24.3 Å².